The summed E-state index contributed by atoms with van der Waals surface area (Å²) < 4.78 is 13.5. The van der Waals surface area contributed by atoms with Gasteiger partial charge in [-0.15, -0.1) is 0 Å². The van der Waals surface area contributed by atoms with Gasteiger partial charge in [-0.05, 0) is 31.9 Å². The summed E-state index contributed by atoms with van der Waals surface area (Å²) in [4.78, 5) is 36.7. The third-order valence-corrected chi connectivity index (χ3v) is 5.02. The number of amides is 4. The van der Waals surface area contributed by atoms with Crippen LogP contribution in [0.15, 0.2) is 24.3 Å². The van der Waals surface area contributed by atoms with Crippen LogP contribution in [0, 0.1) is 5.82 Å². The Morgan fingerprint density at radius 3 is 2.69 bits per heavy atom. The maximum absolute atomic E-state index is 13.5. The molecule has 0 unspecified atom stereocenters. The van der Waals surface area contributed by atoms with E-state index in [1.807, 2.05) is 0 Å². The number of halogens is 1. The SMILES string of the molecule is CC1(C)NC(=O)N(CCCC(=O)NCCSCc2ccccc2F)C1=O. The van der Waals surface area contributed by atoms with E-state index in [1.54, 1.807) is 43.8 Å². The largest absolute Gasteiger partial charge is 0.355 e. The Hall–Kier alpha value is -2.09. The van der Waals surface area contributed by atoms with Crippen LogP contribution in [0.2, 0.25) is 0 Å². The number of nitrogens with one attached hydrogen (secondary N) is 2. The average molecular weight is 381 g/mol. The molecule has 0 bridgehead atoms. The summed E-state index contributed by atoms with van der Waals surface area (Å²) in [5.41, 5.74) is -0.227. The van der Waals surface area contributed by atoms with Gasteiger partial charge >= 0.3 is 6.03 Å². The highest BCUT2D eigenvalue weighted by atomic mass is 32.2. The molecule has 0 spiro atoms. The van der Waals surface area contributed by atoms with Gasteiger partial charge in [0.05, 0.1) is 0 Å². The fraction of sp³-hybridized carbons (Fsp3) is 0.500. The van der Waals surface area contributed by atoms with Gasteiger partial charge in [-0.2, -0.15) is 11.8 Å². The van der Waals surface area contributed by atoms with Crippen LogP contribution in [-0.4, -0.2) is 47.1 Å². The zero-order chi connectivity index (χ0) is 19.2. The molecule has 0 atom stereocenters. The third kappa shape index (κ3) is 5.45. The van der Waals surface area contributed by atoms with Crippen LogP contribution in [0.25, 0.3) is 0 Å². The second-order valence-corrected chi connectivity index (χ2v) is 7.71. The second kappa shape index (κ2) is 9.02. The summed E-state index contributed by atoms with van der Waals surface area (Å²) in [6.45, 7) is 4.02. The topological polar surface area (TPSA) is 78.5 Å². The van der Waals surface area contributed by atoms with E-state index in [1.165, 1.54) is 6.07 Å². The van der Waals surface area contributed by atoms with Crippen LogP contribution < -0.4 is 10.6 Å². The summed E-state index contributed by atoms with van der Waals surface area (Å²) in [5, 5.41) is 5.39. The molecule has 8 heteroatoms. The van der Waals surface area contributed by atoms with Crippen molar-refractivity contribution >= 4 is 29.6 Å². The van der Waals surface area contributed by atoms with Gasteiger partial charge in [-0.3, -0.25) is 14.5 Å². The number of hydrogen-bond acceptors (Lipinski definition) is 4. The van der Waals surface area contributed by atoms with E-state index in [0.717, 1.165) is 4.90 Å². The highest BCUT2D eigenvalue weighted by Gasteiger charge is 2.43. The molecule has 26 heavy (non-hydrogen) atoms. The Kier molecular flexibility index (Phi) is 7.02. The van der Waals surface area contributed by atoms with Crippen molar-refractivity contribution in [1.29, 1.82) is 0 Å². The number of urea groups is 1. The van der Waals surface area contributed by atoms with Gasteiger partial charge < -0.3 is 10.6 Å². The molecule has 0 radical (unpaired) electrons. The standard InChI is InChI=1S/C18H24FN3O3S/c1-18(2)16(24)22(17(25)21-18)10-5-8-15(23)20-9-11-26-12-13-6-3-4-7-14(13)19/h3-4,6-7H,5,8-12H2,1-2H3,(H,20,23)(H,21,25). The summed E-state index contributed by atoms with van der Waals surface area (Å²) in [6, 6.07) is 6.23. The van der Waals surface area contributed by atoms with Gasteiger partial charge in [0.25, 0.3) is 5.91 Å². The molecular formula is C18H24FN3O3S. The van der Waals surface area contributed by atoms with Crippen molar-refractivity contribution in [2.45, 2.75) is 38.0 Å². The molecule has 1 aliphatic rings. The molecule has 0 aliphatic carbocycles. The summed E-state index contributed by atoms with van der Waals surface area (Å²) in [6.07, 6.45) is 0.666. The van der Waals surface area contributed by atoms with Gasteiger partial charge in [0.2, 0.25) is 5.91 Å². The molecule has 1 fully saturated rings. The lowest BCUT2D eigenvalue weighted by Gasteiger charge is -2.15. The Morgan fingerprint density at radius 2 is 2.04 bits per heavy atom. The van der Waals surface area contributed by atoms with Crippen LogP contribution >= 0.6 is 11.8 Å². The molecule has 1 aliphatic heterocycles. The van der Waals surface area contributed by atoms with E-state index in [4.69, 9.17) is 0 Å². The number of benzene rings is 1. The number of carbonyl (C=O) groups excluding carboxylic acids is 3. The van der Waals surface area contributed by atoms with E-state index < -0.39 is 11.6 Å². The van der Waals surface area contributed by atoms with Gasteiger partial charge in [0.1, 0.15) is 11.4 Å². The monoisotopic (exact) mass is 381 g/mol. The van der Waals surface area contributed by atoms with Gasteiger partial charge in [0, 0.05) is 31.0 Å². The fourth-order valence-electron chi connectivity index (χ4n) is 2.57. The Balaban J connectivity index is 1.58. The van der Waals surface area contributed by atoms with Gasteiger partial charge in [0.15, 0.2) is 0 Å². The first-order valence-electron chi connectivity index (χ1n) is 8.53. The van der Waals surface area contributed by atoms with Crippen LogP contribution in [0.5, 0.6) is 0 Å². The lowest BCUT2D eigenvalue weighted by Crippen LogP contribution is -2.40. The fourth-order valence-corrected chi connectivity index (χ4v) is 3.41. The van der Waals surface area contributed by atoms with Gasteiger partial charge in [-0.1, -0.05) is 18.2 Å². The molecule has 142 valence electrons. The smallest absolute Gasteiger partial charge is 0.325 e. The van der Waals surface area contributed by atoms with Crippen LogP contribution in [0.3, 0.4) is 0 Å². The highest BCUT2D eigenvalue weighted by molar-refractivity contribution is 7.98. The predicted octanol–water partition coefficient (Wildman–Crippen LogP) is 2.29. The van der Waals surface area contributed by atoms with E-state index in [2.05, 4.69) is 10.6 Å². The van der Waals surface area contributed by atoms with Crippen molar-refractivity contribution in [2.24, 2.45) is 0 Å². The van der Waals surface area contributed by atoms with Crippen molar-refractivity contribution in [2.75, 3.05) is 18.8 Å². The number of nitrogens with zero attached hydrogens (tertiary/aromatic N) is 1. The molecular weight excluding hydrogens is 357 g/mol. The number of imide groups is 1. The number of thioether (sulfide) groups is 1. The Morgan fingerprint density at radius 1 is 1.31 bits per heavy atom. The molecule has 2 rings (SSSR count). The van der Waals surface area contributed by atoms with E-state index in [0.29, 0.717) is 30.0 Å². The molecule has 6 nitrogen and oxygen atoms in total. The quantitative estimate of drug-likeness (QED) is 0.508. The van der Waals surface area contributed by atoms with Gasteiger partial charge in [-0.25, -0.2) is 9.18 Å². The average Bonchev–Trinajstić information content (AvgIpc) is 2.77. The molecule has 1 aromatic rings. The Labute approximate surface area is 156 Å². The van der Waals surface area contributed by atoms with Crippen LogP contribution in [0.1, 0.15) is 32.3 Å². The van der Waals surface area contributed by atoms with E-state index in [9.17, 15) is 18.8 Å². The first-order chi connectivity index (χ1) is 12.3. The lowest BCUT2D eigenvalue weighted by molar-refractivity contribution is -0.130. The summed E-state index contributed by atoms with van der Waals surface area (Å²) in [7, 11) is 0. The minimum Gasteiger partial charge on any atom is -0.355 e. The third-order valence-electron chi connectivity index (χ3n) is 4.01. The zero-order valence-corrected chi connectivity index (χ0v) is 15.8. The number of rotatable bonds is 9. The van der Waals surface area contributed by atoms with Crippen LogP contribution in [-0.2, 0) is 15.3 Å². The first kappa shape index (κ1) is 20.2. The molecule has 1 heterocycles. The molecule has 1 aromatic carbocycles. The zero-order valence-electron chi connectivity index (χ0n) is 15.0. The second-order valence-electron chi connectivity index (χ2n) is 6.61. The van der Waals surface area contributed by atoms with Crippen molar-refractivity contribution in [3.8, 4) is 0 Å². The first-order valence-corrected chi connectivity index (χ1v) is 9.68. The molecule has 1 saturated heterocycles. The minimum atomic E-state index is -0.880. The predicted molar refractivity (Wildman–Crippen MR) is 99.1 cm³/mol. The maximum atomic E-state index is 13.5. The van der Waals surface area contributed by atoms with Crippen molar-refractivity contribution < 1.29 is 18.8 Å². The molecule has 4 amide bonds. The van der Waals surface area contributed by atoms with Crippen molar-refractivity contribution in [3.05, 3.63) is 35.6 Å². The summed E-state index contributed by atoms with van der Waals surface area (Å²) in [5.74, 6) is 0.633. The minimum absolute atomic E-state index is 0.122. The molecule has 2 N–H and O–H groups in total. The highest BCUT2D eigenvalue weighted by Crippen LogP contribution is 2.17. The van der Waals surface area contributed by atoms with E-state index >= 15 is 0 Å². The maximum Gasteiger partial charge on any atom is 0.325 e. The van der Waals surface area contributed by atoms with Crippen LogP contribution in [0.4, 0.5) is 9.18 Å². The number of hydrogen-bond donors (Lipinski definition) is 2. The van der Waals surface area contributed by atoms with E-state index in [-0.39, 0.29) is 30.6 Å². The summed E-state index contributed by atoms with van der Waals surface area (Å²) >= 11 is 1.55. The lowest BCUT2D eigenvalue weighted by atomic mass is 10.1. The molecule has 0 aromatic heterocycles. The number of carbonyl (C=O) groups is 3. The normalized spacial score (nSPS) is 15.9. The Bertz CT molecular complexity index is 681. The van der Waals surface area contributed by atoms with Crippen molar-refractivity contribution in [3.63, 3.8) is 0 Å². The molecule has 0 saturated carbocycles. The van der Waals surface area contributed by atoms with Crippen molar-refractivity contribution in [1.82, 2.24) is 15.5 Å².